The summed E-state index contributed by atoms with van der Waals surface area (Å²) in [4.78, 5) is 4.04. The number of imidazole rings is 1. The summed E-state index contributed by atoms with van der Waals surface area (Å²) in [6.45, 7) is 2.05. The fourth-order valence-corrected chi connectivity index (χ4v) is 2.44. The molecule has 0 bridgehead atoms. The molecule has 25 heavy (non-hydrogen) atoms. The van der Waals surface area contributed by atoms with Crippen LogP contribution in [0.3, 0.4) is 0 Å². The molecule has 3 aromatic rings. The monoisotopic (exact) mass is 358 g/mol. The van der Waals surface area contributed by atoms with Gasteiger partial charge < -0.3 is 10.5 Å². The zero-order valence-corrected chi connectivity index (χ0v) is 14.2. The van der Waals surface area contributed by atoms with Crippen molar-refractivity contribution in [3.8, 4) is 5.75 Å². The van der Waals surface area contributed by atoms with Crippen molar-refractivity contribution in [3.63, 3.8) is 0 Å². The van der Waals surface area contributed by atoms with Crippen LogP contribution in [-0.4, -0.2) is 15.9 Å². The third-order valence-corrected chi connectivity index (χ3v) is 3.64. The Morgan fingerprint density at radius 2 is 2.16 bits per heavy atom. The summed E-state index contributed by atoms with van der Waals surface area (Å²) in [5, 5.41) is 4.77. The van der Waals surface area contributed by atoms with Gasteiger partial charge >= 0.3 is 0 Å². The maximum atomic E-state index is 14.2. The third-order valence-electron chi connectivity index (χ3n) is 3.41. The second-order valence-electron chi connectivity index (χ2n) is 5.44. The average molecular weight is 359 g/mol. The van der Waals surface area contributed by atoms with Gasteiger partial charge in [0.05, 0.1) is 18.1 Å². The fourth-order valence-electron chi connectivity index (χ4n) is 2.23. The molecule has 0 saturated heterocycles. The maximum Gasteiger partial charge on any atom is 0.221 e. The minimum absolute atomic E-state index is 0.162. The normalized spacial score (nSPS) is 11.2. The maximum absolute atomic E-state index is 14.2. The van der Waals surface area contributed by atoms with Crippen LogP contribution in [0.5, 0.6) is 5.75 Å². The van der Waals surface area contributed by atoms with Gasteiger partial charge in [0.2, 0.25) is 5.95 Å². The molecule has 5 nitrogen and oxygen atoms in total. The largest absolute Gasteiger partial charge is 0.486 e. The predicted molar refractivity (Wildman–Crippen MR) is 96.6 cm³/mol. The lowest BCUT2D eigenvalue weighted by Gasteiger charge is -2.08. The minimum Gasteiger partial charge on any atom is -0.486 e. The van der Waals surface area contributed by atoms with Gasteiger partial charge in [-0.25, -0.2) is 14.1 Å². The van der Waals surface area contributed by atoms with E-state index in [2.05, 4.69) is 10.1 Å². The van der Waals surface area contributed by atoms with Crippen LogP contribution in [0.4, 0.5) is 10.3 Å². The number of nitrogen functional groups attached to an aromatic ring is 1. The summed E-state index contributed by atoms with van der Waals surface area (Å²) in [5.41, 5.74) is 7.90. The Balaban J connectivity index is 1.69. The van der Waals surface area contributed by atoms with E-state index in [1.165, 1.54) is 17.0 Å². The summed E-state index contributed by atoms with van der Waals surface area (Å²) in [6, 6.07) is 11.8. The molecular formula is C18H16ClFN4O. The number of aryl methyl sites for hydroxylation is 1. The third kappa shape index (κ3) is 4.36. The van der Waals surface area contributed by atoms with E-state index in [9.17, 15) is 4.39 Å². The lowest BCUT2D eigenvalue weighted by Crippen LogP contribution is -1.99. The Bertz CT molecular complexity index is 923. The first-order valence-electron chi connectivity index (χ1n) is 7.54. The van der Waals surface area contributed by atoms with Gasteiger partial charge in [-0.2, -0.15) is 5.10 Å². The van der Waals surface area contributed by atoms with Crippen LogP contribution in [0.2, 0.25) is 5.02 Å². The SMILES string of the molecule is Cc1cn(N=Cc2ccc(OCc3cccc(Cl)c3)c(F)c2)c(N)n1. The summed E-state index contributed by atoms with van der Waals surface area (Å²) < 4.78 is 21.1. The van der Waals surface area contributed by atoms with Crippen molar-refractivity contribution < 1.29 is 9.13 Å². The van der Waals surface area contributed by atoms with E-state index in [0.29, 0.717) is 10.6 Å². The van der Waals surface area contributed by atoms with E-state index in [4.69, 9.17) is 22.1 Å². The summed E-state index contributed by atoms with van der Waals surface area (Å²) >= 11 is 5.92. The van der Waals surface area contributed by atoms with E-state index < -0.39 is 5.82 Å². The molecule has 7 heteroatoms. The Labute approximate surface area is 149 Å². The first kappa shape index (κ1) is 17.0. The van der Waals surface area contributed by atoms with Gasteiger partial charge in [0.1, 0.15) is 6.61 Å². The van der Waals surface area contributed by atoms with E-state index in [1.54, 1.807) is 30.5 Å². The summed E-state index contributed by atoms with van der Waals surface area (Å²) in [5.74, 6) is -0.0356. The van der Waals surface area contributed by atoms with Gasteiger partial charge in [0.25, 0.3) is 0 Å². The van der Waals surface area contributed by atoms with Crippen molar-refractivity contribution in [2.45, 2.75) is 13.5 Å². The molecule has 128 valence electrons. The highest BCUT2D eigenvalue weighted by Gasteiger charge is 2.05. The van der Waals surface area contributed by atoms with Crippen LogP contribution in [0.1, 0.15) is 16.8 Å². The smallest absolute Gasteiger partial charge is 0.221 e. The molecule has 0 aliphatic carbocycles. The molecule has 0 spiro atoms. The Hall–Kier alpha value is -2.86. The molecule has 2 N–H and O–H groups in total. The number of aromatic nitrogens is 2. The van der Waals surface area contributed by atoms with Gasteiger partial charge in [-0.15, -0.1) is 0 Å². The zero-order valence-electron chi connectivity index (χ0n) is 13.5. The minimum atomic E-state index is -0.472. The average Bonchev–Trinajstić information content (AvgIpc) is 2.89. The van der Waals surface area contributed by atoms with Gasteiger partial charge in [0, 0.05) is 5.02 Å². The van der Waals surface area contributed by atoms with Gasteiger partial charge in [-0.05, 0) is 48.4 Å². The molecule has 1 heterocycles. The molecule has 0 unspecified atom stereocenters. The molecule has 0 aliphatic heterocycles. The van der Waals surface area contributed by atoms with Crippen LogP contribution in [0.15, 0.2) is 53.8 Å². The van der Waals surface area contributed by atoms with Crippen molar-refractivity contribution >= 4 is 23.8 Å². The van der Waals surface area contributed by atoms with Crippen LogP contribution >= 0.6 is 11.6 Å². The first-order valence-corrected chi connectivity index (χ1v) is 7.91. The second kappa shape index (κ2) is 7.36. The van der Waals surface area contributed by atoms with E-state index in [1.807, 2.05) is 19.1 Å². The molecule has 0 atom stereocenters. The first-order chi connectivity index (χ1) is 12.0. The van der Waals surface area contributed by atoms with Gasteiger partial charge in [-0.3, -0.25) is 0 Å². The van der Waals surface area contributed by atoms with Crippen molar-refractivity contribution in [1.82, 2.24) is 9.66 Å². The number of nitrogens with two attached hydrogens (primary N) is 1. The summed E-state index contributed by atoms with van der Waals surface area (Å²) in [7, 11) is 0. The number of rotatable bonds is 5. The van der Waals surface area contributed by atoms with Crippen molar-refractivity contribution in [3.05, 3.63) is 76.3 Å². The molecule has 1 aromatic heterocycles. The van der Waals surface area contributed by atoms with Crippen LogP contribution in [0, 0.1) is 12.7 Å². The quantitative estimate of drug-likeness (QED) is 0.700. The Kier molecular flexibility index (Phi) is 5.00. The second-order valence-corrected chi connectivity index (χ2v) is 5.87. The molecule has 0 fully saturated rings. The molecule has 0 aliphatic rings. The highest BCUT2D eigenvalue weighted by Crippen LogP contribution is 2.20. The standard InChI is InChI=1S/C18H16ClFN4O/c1-12-10-24(18(21)23-12)22-9-13-5-6-17(16(20)8-13)25-11-14-3-2-4-15(19)7-14/h2-10H,11H2,1H3,(H2,21,23). The fraction of sp³-hybridized carbons (Fsp3) is 0.111. The number of halogens is 2. The van der Waals surface area contributed by atoms with E-state index in [-0.39, 0.29) is 18.3 Å². The van der Waals surface area contributed by atoms with Crippen LogP contribution in [0.25, 0.3) is 0 Å². The highest BCUT2D eigenvalue weighted by molar-refractivity contribution is 6.30. The van der Waals surface area contributed by atoms with Gasteiger partial charge in [-0.1, -0.05) is 23.7 Å². The molecule has 0 radical (unpaired) electrons. The van der Waals surface area contributed by atoms with Gasteiger partial charge in [0.15, 0.2) is 11.6 Å². The molecule has 3 rings (SSSR count). The lowest BCUT2D eigenvalue weighted by molar-refractivity contribution is 0.290. The van der Waals surface area contributed by atoms with Crippen molar-refractivity contribution in [2.75, 3.05) is 5.73 Å². The number of nitrogens with zero attached hydrogens (tertiary/aromatic N) is 3. The summed E-state index contributed by atoms with van der Waals surface area (Å²) in [6.07, 6.45) is 3.19. The predicted octanol–water partition coefficient (Wildman–Crippen LogP) is 4.03. The highest BCUT2D eigenvalue weighted by atomic mass is 35.5. The molecule has 0 saturated carbocycles. The topological polar surface area (TPSA) is 65.4 Å². The molecular weight excluding hydrogens is 343 g/mol. The van der Waals surface area contributed by atoms with Crippen LogP contribution < -0.4 is 10.5 Å². The Morgan fingerprint density at radius 3 is 2.84 bits per heavy atom. The zero-order chi connectivity index (χ0) is 17.8. The molecule has 0 amide bonds. The number of benzene rings is 2. The van der Waals surface area contributed by atoms with Crippen molar-refractivity contribution in [2.24, 2.45) is 5.10 Å². The number of ether oxygens (including phenoxy) is 1. The number of hydrogen-bond acceptors (Lipinski definition) is 4. The lowest BCUT2D eigenvalue weighted by atomic mass is 10.2. The number of hydrogen-bond donors (Lipinski definition) is 1. The molecule has 2 aromatic carbocycles. The number of anilines is 1. The van der Waals surface area contributed by atoms with E-state index in [0.717, 1.165) is 11.3 Å². The Morgan fingerprint density at radius 1 is 1.32 bits per heavy atom. The van der Waals surface area contributed by atoms with E-state index >= 15 is 0 Å². The van der Waals surface area contributed by atoms with Crippen molar-refractivity contribution in [1.29, 1.82) is 0 Å². The van der Waals surface area contributed by atoms with Crippen LogP contribution in [-0.2, 0) is 6.61 Å².